The molecule has 0 bridgehead atoms. The Hall–Kier alpha value is -1.87. The van der Waals surface area contributed by atoms with Crippen LogP contribution in [0.3, 0.4) is 0 Å². The molecule has 1 aromatic heterocycles. The normalized spacial score (nSPS) is 13.5. The highest BCUT2D eigenvalue weighted by Gasteiger charge is 2.25. The lowest BCUT2D eigenvalue weighted by molar-refractivity contribution is 0.0989. The van der Waals surface area contributed by atoms with Crippen LogP contribution in [0.25, 0.3) is 0 Å². The van der Waals surface area contributed by atoms with Crippen molar-refractivity contribution in [1.29, 1.82) is 0 Å². The number of pyridine rings is 1. The molecule has 1 aromatic carbocycles. The first kappa shape index (κ1) is 11.2. The van der Waals surface area contributed by atoms with Crippen LogP contribution in [0.4, 0.5) is 5.69 Å². The molecular formula is C14H11ClN2O. The highest BCUT2D eigenvalue weighted by atomic mass is 35.5. The Kier molecular flexibility index (Phi) is 2.76. The molecule has 3 nitrogen and oxygen atoms in total. The first-order valence-corrected chi connectivity index (χ1v) is 6.14. The Morgan fingerprint density at radius 3 is 2.78 bits per heavy atom. The van der Waals surface area contributed by atoms with Gasteiger partial charge < -0.3 is 4.90 Å². The summed E-state index contributed by atoms with van der Waals surface area (Å²) < 4.78 is 0. The Balaban J connectivity index is 1.97. The van der Waals surface area contributed by atoms with E-state index in [9.17, 15) is 4.79 Å². The molecule has 0 unspecified atom stereocenters. The summed E-state index contributed by atoms with van der Waals surface area (Å²) in [7, 11) is 0. The highest BCUT2D eigenvalue weighted by Crippen LogP contribution is 2.31. The van der Waals surface area contributed by atoms with Crippen LogP contribution < -0.4 is 4.90 Å². The van der Waals surface area contributed by atoms with Crippen molar-refractivity contribution in [3.63, 3.8) is 0 Å². The fourth-order valence-corrected chi connectivity index (χ4v) is 2.38. The number of benzene rings is 1. The molecule has 90 valence electrons. The van der Waals surface area contributed by atoms with Crippen molar-refractivity contribution >= 4 is 23.2 Å². The molecule has 1 aliphatic rings. The Morgan fingerprint density at radius 1 is 1.22 bits per heavy atom. The van der Waals surface area contributed by atoms with E-state index < -0.39 is 0 Å². The average molecular weight is 259 g/mol. The summed E-state index contributed by atoms with van der Waals surface area (Å²) in [5.41, 5.74) is 2.74. The zero-order valence-corrected chi connectivity index (χ0v) is 10.4. The summed E-state index contributed by atoms with van der Waals surface area (Å²) >= 11 is 5.99. The van der Waals surface area contributed by atoms with E-state index in [0.29, 0.717) is 17.1 Å². The maximum Gasteiger partial charge on any atom is 0.258 e. The molecule has 0 aliphatic carbocycles. The van der Waals surface area contributed by atoms with Gasteiger partial charge in [-0.25, -0.2) is 0 Å². The molecule has 1 amide bonds. The van der Waals surface area contributed by atoms with E-state index in [1.807, 2.05) is 18.2 Å². The van der Waals surface area contributed by atoms with Crippen molar-refractivity contribution < 1.29 is 4.79 Å². The molecule has 18 heavy (non-hydrogen) atoms. The summed E-state index contributed by atoms with van der Waals surface area (Å²) in [4.78, 5) is 18.1. The molecule has 3 rings (SSSR count). The first-order chi connectivity index (χ1) is 8.75. The van der Waals surface area contributed by atoms with Crippen LogP contribution in [0.15, 0.2) is 42.7 Å². The minimum atomic E-state index is -0.00147. The van der Waals surface area contributed by atoms with Crippen LogP contribution in [0, 0.1) is 0 Å². The summed E-state index contributed by atoms with van der Waals surface area (Å²) in [5.74, 6) is -0.00147. The van der Waals surface area contributed by atoms with Gasteiger partial charge in [-0.1, -0.05) is 17.7 Å². The minimum absolute atomic E-state index is 0.00147. The maximum absolute atomic E-state index is 12.4. The van der Waals surface area contributed by atoms with Crippen molar-refractivity contribution in [2.45, 2.75) is 6.42 Å². The van der Waals surface area contributed by atoms with Gasteiger partial charge >= 0.3 is 0 Å². The average Bonchev–Trinajstić information content (AvgIpc) is 2.82. The van der Waals surface area contributed by atoms with Crippen molar-refractivity contribution in [3.8, 4) is 0 Å². The van der Waals surface area contributed by atoms with Crippen LogP contribution in [-0.2, 0) is 6.42 Å². The summed E-state index contributed by atoms with van der Waals surface area (Å²) in [5, 5.41) is 0.656. The second-order valence-corrected chi connectivity index (χ2v) is 4.65. The van der Waals surface area contributed by atoms with Gasteiger partial charge in [0.15, 0.2) is 0 Å². The number of aromatic nitrogens is 1. The van der Waals surface area contributed by atoms with Crippen molar-refractivity contribution in [2.75, 3.05) is 11.4 Å². The summed E-state index contributed by atoms with van der Waals surface area (Å²) in [6.07, 6.45) is 4.13. The van der Waals surface area contributed by atoms with E-state index in [-0.39, 0.29) is 5.91 Å². The van der Waals surface area contributed by atoms with Gasteiger partial charge in [-0.2, -0.15) is 0 Å². The lowest BCUT2D eigenvalue weighted by Crippen LogP contribution is -2.28. The fraction of sp³-hybridized carbons (Fsp3) is 0.143. The molecule has 0 spiro atoms. The zero-order chi connectivity index (χ0) is 12.5. The largest absolute Gasteiger partial charge is 0.308 e. The molecular weight excluding hydrogens is 248 g/mol. The van der Waals surface area contributed by atoms with Gasteiger partial charge in [-0.15, -0.1) is 0 Å². The molecule has 0 N–H and O–H groups in total. The Morgan fingerprint density at radius 2 is 2.00 bits per heavy atom. The van der Waals surface area contributed by atoms with E-state index in [1.54, 1.807) is 29.4 Å². The number of carbonyl (C=O) groups is 1. The smallest absolute Gasteiger partial charge is 0.258 e. The third-order valence-corrected chi connectivity index (χ3v) is 3.35. The van der Waals surface area contributed by atoms with Crippen LogP contribution >= 0.6 is 11.6 Å². The second-order valence-electron chi connectivity index (χ2n) is 4.22. The highest BCUT2D eigenvalue weighted by molar-refractivity contribution is 6.31. The SMILES string of the molecule is O=C(c1ccncc1)N1CCc2ccc(Cl)cc21. The van der Waals surface area contributed by atoms with Crippen molar-refractivity contribution in [3.05, 3.63) is 58.9 Å². The number of hydrogen-bond donors (Lipinski definition) is 0. The van der Waals surface area contributed by atoms with E-state index in [4.69, 9.17) is 11.6 Å². The van der Waals surface area contributed by atoms with Crippen LogP contribution in [0.2, 0.25) is 5.02 Å². The molecule has 1 aliphatic heterocycles. The lowest BCUT2D eigenvalue weighted by Gasteiger charge is -2.17. The number of halogens is 1. The molecule has 0 fully saturated rings. The van der Waals surface area contributed by atoms with Crippen molar-refractivity contribution in [1.82, 2.24) is 4.98 Å². The van der Waals surface area contributed by atoms with Gasteiger partial charge in [0.25, 0.3) is 5.91 Å². The fourth-order valence-electron chi connectivity index (χ4n) is 2.21. The zero-order valence-electron chi connectivity index (χ0n) is 9.64. The molecule has 0 saturated carbocycles. The van der Waals surface area contributed by atoms with Crippen LogP contribution in [-0.4, -0.2) is 17.4 Å². The maximum atomic E-state index is 12.4. The molecule has 0 atom stereocenters. The van der Waals surface area contributed by atoms with Gasteiger partial charge in [0, 0.05) is 35.2 Å². The summed E-state index contributed by atoms with van der Waals surface area (Å²) in [6, 6.07) is 9.15. The molecule has 2 heterocycles. The number of carbonyl (C=O) groups excluding carboxylic acids is 1. The molecule has 0 radical (unpaired) electrons. The van der Waals surface area contributed by atoms with Gasteiger partial charge in [-0.3, -0.25) is 9.78 Å². The minimum Gasteiger partial charge on any atom is -0.308 e. The number of hydrogen-bond acceptors (Lipinski definition) is 2. The molecule has 4 heteroatoms. The number of anilines is 1. The van der Waals surface area contributed by atoms with E-state index in [1.165, 1.54) is 5.56 Å². The monoisotopic (exact) mass is 258 g/mol. The predicted molar refractivity (Wildman–Crippen MR) is 71.1 cm³/mol. The van der Waals surface area contributed by atoms with Gasteiger partial charge in [0.1, 0.15) is 0 Å². The quantitative estimate of drug-likeness (QED) is 0.788. The third kappa shape index (κ3) is 1.87. The van der Waals surface area contributed by atoms with Crippen LogP contribution in [0.5, 0.6) is 0 Å². The molecule has 0 saturated heterocycles. The van der Waals surface area contributed by atoms with Gasteiger partial charge in [-0.05, 0) is 36.2 Å². The standard InChI is InChI=1S/C14H11ClN2O/c15-12-2-1-10-5-8-17(13(10)9-12)14(18)11-3-6-16-7-4-11/h1-4,6-7,9H,5,8H2. The Labute approximate surface area is 110 Å². The first-order valence-electron chi connectivity index (χ1n) is 5.76. The number of rotatable bonds is 1. The van der Waals surface area contributed by atoms with E-state index >= 15 is 0 Å². The predicted octanol–water partition coefficient (Wildman–Crippen LogP) is 2.94. The lowest BCUT2D eigenvalue weighted by atomic mass is 10.2. The second kappa shape index (κ2) is 4.42. The third-order valence-electron chi connectivity index (χ3n) is 3.12. The van der Waals surface area contributed by atoms with Gasteiger partial charge in [0.2, 0.25) is 0 Å². The number of nitrogens with zero attached hydrogens (tertiary/aromatic N) is 2. The Bertz CT molecular complexity index is 598. The molecule has 2 aromatic rings. The van der Waals surface area contributed by atoms with Crippen molar-refractivity contribution in [2.24, 2.45) is 0 Å². The van der Waals surface area contributed by atoms with E-state index in [2.05, 4.69) is 4.98 Å². The summed E-state index contributed by atoms with van der Waals surface area (Å²) in [6.45, 7) is 0.705. The topological polar surface area (TPSA) is 33.2 Å². The van der Waals surface area contributed by atoms with Crippen LogP contribution in [0.1, 0.15) is 15.9 Å². The van der Waals surface area contributed by atoms with Gasteiger partial charge in [0.05, 0.1) is 0 Å². The van der Waals surface area contributed by atoms with E-state index in [0.717, 1.165) is 12.1 Å². The number of amides is 1. The number of fused-ring (bicyclic) bond motifs is 1.